The van der Waals surface area contributed by atoms with E-state index in [4.69, 9.17) is 4.74 Å². The van der Waals surface area contributed by atoms with Gasteiger partial charge in [-0.15, -0.1) is 0 Å². The van der Waals surface area contributed by atoms with Gasteiger partial charge in [-0.2, -0.15) is 0 Å². The lowest BCUT2D eigenvalue weighted by Gasteiger charge is -2.09. The largest absolute Gasteiger partial charge is 0.412 e. The predicted octanol–water partition coefficient (Wildman–Crippen LogP) is 3.17. The molecule has 0 heterocycles. The number of amides is 1. The molecule has 0 saturated heterocycles. The summed E-state index contributed by atoms with van der Waals surface area (Å²) in [4.78, 5) is 11.2. The summed E-state index contributed by atoms with van der Waals surface area (Å²) < 4.78 is 5.91. The van der Waals surface area contributed by atoms with Crippen LogP contribution in [0, 0.1) is 13.8 Å². The molecule has 0 aliphatic rings. The summed E-state index contributed by atoms with van der Waals surface area (Å²) in [7, 11) is 0. The number of nitrogens with one attached hydrogen (secondary N) is 1. The smallest absolute Gasteiger partial charge is 0.409 e. The van der Waals surface area contributed by atoms with Crippen LogP contribution in [-0.4, -0.2) is 12.6 Å². The quantitative estimate of drug-likeness (QED) is 0.898. The lowest BCUT2D eigenvalue weighted by molar-refractivity contribution is 0.201. The van der Waals surface area contributed by atoms with Crippen molar-refractivity contribution in [2.24, 2.45) is 0 Å². The number of benzene rings is 1. The molecule has 3 nitrogen and oxygen atoms in total. The number of ether oxygens (including phenoxy) is 1. The van der Waals surface area contributed by atoms with Gasteiger partial charge in [0.15, 0.2) is 0 Å². The van der Waals surface area contributed by atoms with Crippen molar-refractivity contribution < 1.29 is 9.53 Å². The topological polar surface area (TPSA) is 38.3 Å². The first-order chi connectivity index (χ1) is 7.04. The second kappa shape index (κ2) is 5.16. The van der Waals surface area contributed by atoms with E-state index in [-0.39, 0.29) is 0 Å². The SMILES string of the molecule is CCNC(=O)Oc1cc(C)c(C)cc1Br. The van der Waals surface area contributed by atoms with Gasteiger partial charge in [0.25, 0.3) is 0 Å². The van der Waals surface area contributed by atoms with E-state index in [0.29, 0.717) is 12.3 Å². The van der Waals surface area contributed by atoms with E-state index in [1.807, 2.05) is 32.9 Å². The van der Waals surface area contributed by atoms with Crippen LogP contribution in [0.1, 0.15) is 18.1 Å². The maximum absolute atomic E-state index is 11.2. The fourth-order valence-corrected chi connectivity index (χ4v) is 1.65. The van der Waals surface area contributed by atoms with Gasteiger partial charge in [0.2, 0.25) is 0 Å². The summed E-state index contributed by atoms with van der Waals surface area (Å²) in [6, 6.07) is 3.78. The summed E-state index contributed by atoms with van der Waals surface area (Å²) in [6.07, 6.45) is -0.429. The van der Waals surface area contributed by atoms with Crippen molar-refractivity contribution in [2.45, 2.75) is 20.8 Å². The van der Waals surface area contributed by atoms with E-state index in [9.17, 15) is 4.79 Å². The molecule has 0 bridgehead atoms. The minimum atomic E-state index is -0.429. The molecule has 15 heavy (non-hydrogen) atoms. The Balaban J connectivity index is 2.86. The summed E-state index contributed by atoms with van der Waals surface area (Å²) in [5.41, 5.74) is 2.25. The van der Waals surface area contributed by atoms with Crippen LogP contribution in [0.3, 0.4) is 0 Å². The van der Waals surface area contributed by atoms with Gasteiger partial charge < -0.3 is 10.1 Å². The molecule has 0 aliphatic carbocycles. The number of rotatable bonds is 2. The zero-order valence-corrected chi connectivity index (χ0v) is 10.6. The van der Waals surface area contributed by atoms with E-state index in [0.717, 1.165) is 15.6 Å². The highest BCUT2D eigenvalue weighted by Crippen LogP contribution is 2.28. The van der Waals surface area contributed by atoms with Crippen molar-refractivity contribution in [1.29, 1.82) is 0 Å². The molecule has 0 atom stereocenters. The molecule has 0 saturated carbocycles. The second-order valence-electron chi connectivity index (χ2n) is 3.29. The molecule has 1 amide bonds. The number of hydrogen-bond donors (Lipinski definition) is 1. The summed E-state index contributed by atoms with van der Waals surface area (Å²) in [5.74, 6) is 0.545. The third-order valence-corrected chi connectivity index (χ3v) is 2.69. The minimum absolute atomic E-state index is 0.429. The van der Waals surface area contributed by atoms with Crippen molar-refractivity contribution in [2.75, 3.05) is 6.54 Å². The van der Waals surface area contributed by atoms with Crippen LogP contribution in [-0.2, 0) is 0 Å². The van der Waals surface area contributed by atoms with Gasteiger partial charge in [-0.3, -0.25) is 0 Å². The van der Waals surface area contributed by atoms with E-state index < -0.39 is 6.09 Å². The molecule has 1 aromatic carbocycles. The van der Waals surface area contributed by atoms with Crippen LogP contribution in [0.4, 0.5) is 4.79 Å². The first-order valence-corrected chi connectivity index (χ1v) is 5.56. The Morgan fingerprint density at radius 2 is 2.00 bits per heavy atom. The molecule has 0 spiro atoms. The first kappa shape index (κ1) is 12.0. The third-order valence-electron chi connectivity index (χ3n) is 2.07. The van der Waals surface area contributed by atoms with Crippen LogP contribution in [0.25, 0.3) is 0 Å². The van der Waals surface area contributed by atoms with Crippen LogP contribution in [0.15, 0.2) is 16.6 Å². The van der Waals surface area contributed by atoms with E-state index >= 15 is 0 Å². The number of halogens is 1. The fraction of sp³-hybridized carbons (Fsp3) is 0.364. The second-order valence-corrected chi connectivity index (χ2v) is 4.14. The van der Waals surface area contributed by atoms with E-state index in [1.165, 1.54) is 0 Å². The van der Waals surface area contributed by atoms with Crippen LogP contribution >= 0.6 is 15.9 Å². The standard InChI is InChI=1S/C11H14BrNO2/c1-4-13-11(14)15-10-6-8(3)7(2)5-9(10)12/h5-6H,4H2,1-3H3,(H,13,14). The van der Waals surface area contributed by atoms with Gasteiger partial charge in [-0.25, -0.2) is 4.79 Å². The molecular formula is C11H14BrNO2. The Hall–Kier alpha value is -1.03. The molecule has 0 radical (unpaired) electrons. The average Bonchev–Trinajstić information content (AvgIpc) is 2.14. The molecular weight excluding hydrogens is 258 g/mol. The molecule has 4 heteroatoms. The van der Waals surface area contributed by atoms with Gasteiger partial charge in [0, 0.05) is 6.54 Å². The number of carbonyl (C=O) groups excluding carboxylic acids is 1. The molecule has 0 unspecified atom stereocenters. The maximum atomic E-state index is 11.2. The number of aryl methyl sites for hydroxylation is 2. The van der Waals surface area contributed by atoms with Crippen molar-refractivity contribution >= 4 is 22.0 Å². The molecule has 0 fully saturated rings. The molecule has 1 aromatic rings. The van der Waals surface area contributed by atoms with Gasteiger partial charge in [0.1, 0.15) is 5.75 Å². The molecule has 1 rings (SSSR count). The maximum Gasteiger partial charge on any atom is 0.412 e. The molecule has 1 N–H and O–H groups in total. The Morgan fingerprint density at radius 3 is 2.60 bits per heavy atom. The highest BCUT2D eigenvalue weighted by Gasteiger charge is 2.08. The Labute approximate surface area is 97.9 Å². The monoisotopic (exact) mass is 271 g/mol. The summed E-state index contributed by atoms with van der Waals surface area (Å²) >= 11 is 3.36. The number of carbonyl (C=O) groups is 1. The lowest BCUT2D eigenvalue weighted by Crippen LogP contribution is -2.26. The van der Waals surface area contributed by atoms with E-state index in [1.54, 1.807) is 0 Å². The van der Waals surface area contributed by atoms with Crippen LogP contribution in [0.2, 0.25) is 0 Å². The Bertz CT molecular complexity index is 377. The highest BCUT2D eigenvalue weighted by atomic mass is 79.9. The molecule has 0 aliphatic heterocycles. The fourth-order valence-electron chi connectivity index (χ4n) is 1.11. The summed E-state index contributed by atoms with van der Waals surface area (Å²) in [6.45, 7) is 6.39. The average molecular weight is 272 g/mol. The van der Waals surface area contributed by atoms with E-state index in [2.05, 4.69) is 21.2 Å². The van der Waals surface area contributed by atoms with Crippen molar-refractivity contribution in [3.63, 3.8) is 0 Å². The van der Waals surface area contributed by atoms with Gasteiger partial charge in [-0.1, -0.05) is 0 Å². The minimum Gasteiger partial charge on any atom is -0.409 e. The summed E-state index contributed by atoms with van der Waals surface area (Å²) in [5, 5.41) is 2.57. The normalized spacial score (nSPS) is 9.87. The van der Waals surface area contributed by atoms with Crippen molar-refractivity contribution in [3.05, 3.63) is 27.7 Å². The zero-order valence-electron chi connectivity index (χ0n) is 9.06. The third kappa shape index (κ3) is 3.23. The zero-order chi connectivity index (χ0) is 11.4. The number of hydrogen-bond acceptors (Lipinski definition) is 2. The van der Waals surface area contributed by atoms with Crippen LogP contribution in [0.5, 0.6) is 5.75 Å². The Kier molecular flexibility index (Phi) is 4.15. The van der Waals surface area contributed by atoms with Crippen molar-refractivity contribution in [3.8, 4) is 5.75 Å². The van der Waals surface area contributed by atoms with Gasteiger partial charge in [0.05, 0.1) is 4.47 Å². The predicted molar refractivity (Wildman–Crippen MR) is 63.3 cm³/mol. The Morgan fingerprint density at radius 1 is 1.40 bits per heavy atom. The van der Waals surface area contributed by atoms with Crippen LogP contribution < -0.4 is 10.1 Å². The first-order valence-electron chi connectivity index (χ1n) is 4.77. The van der Waals surface area contributed by atoms with Gasteiger partial charge in [-0.05, 0) is 60.0 Å². The van der Waals surface area contributed by atoms with Crippen molar-refractivity contribution in [1.82, 2.24) is 5.32 Å². The van der Waals surface area contributed by atoms with Gasteiger partial charge >= 0.3 is 6.09 Å². The lowest BCUT2D eigenvalue weighted by atomic mass is 10.1. The highest BCUT2D eigenvalue weighted by molar-refractivity contribution is 9.10. The molecule has 0 aromatic heterocycles. The molecule has 82 valence electrons.